The average Bonchev–Trinajstić information content (AvgIpc) is 3.59. The predicted molar refractivity (Wildman–Crippen MR) is 151 cm³/mol. The maximum atomic E-state index is 13.8. The molecule has 2 aliphatic rings. The molecule has 2 aromatic carbocycles. The molecule has 2 fully saturated rings. The Balaban J connectivity index is 1.31. The van der Waals surface area contributed by atoms with Gasteiger partial charge in [0.2, 0.25) is 0 Å². The van der Waals surface area contributed by atoms with E-state index in [2.05, 4.69) is 6.07 Å². The van der Waals surface area contributed by atoms with Gasteiger partial charge >= 0.3 is 6.09 Å². The van der Waals surface area contributed by atoms with E-state index in [0.29, 0.717) is 66.3 Å². The largest absolute Gasteiger partial charge is 0.490 e. The number of cyclic esters (lactones) is 1. The van der Waals surface area contributed by atoms with Crippen LogP contribution in [0.5, 0.6) is 5.75 Å². The Morgan fingerprint density at radius 2 is 1.98 bits per heavy atom. The maximum absolute atomic E-state index is 13.8. The predicted octanol–water partition coefficient (Wildman–Crippen LogP) is 4.30. The van der Waals surface area contributed by atoms with Gasteiger partial charge in [-0.1, -0.05) is 18.2 Å². The summed E-state index contributed by atoms with van der Waals surface area (Å²) >= 11 is 0. The molecule has 41 heavy (non-hydrogen) atoms. The Morgan fingerprint density at radius 1 is 1.12 bits per heavy atom. The van der Waals surface area contributed by atoms with Gasteiger partial charge in [0.05, 0.1) is 46.3 Å². The van der Waals surface area contributed by atoms with Gasteiger partial charge in [0.15, 0.2) is 0 Å². The highest BCUT2D eigenvalue weighted by molar-refractivity contribution is 5.87. The molecule has 0 bridgehead atoms. The first-order valence-corrected chi connectivity index (χ1v) is 13.6. The highest BCUT2D eigenvalue weighted by Gasteiger charge is 2.39. The zero-order valence-electron chi connectivity index (χ0n) is 22.4. The first kappa shape index (κ1) is 24.8. The summed E-state index contributed by atoms with van der Waals surface area (Å²) in [6, 6.07) is 20.8. The van der Waals surface area contributed by atoms with E-state index in [9.17, 15) is 9.59 Å². The summed E-state index contributed by atoms with van der Waals surface area (Å²) in [6.45, 7) is 3.07. The van der Waals surface area contributed by atoms with Gasteiger partial charge in [0, 0.05) is 31.1 Å². The number of rotatable bonds is 5. The van der Waals surface area contributed by atoms with E-state index in [0.717, 1.165) is 16.6 Å². The van der Waals surface area contributed by atoms with Crippen molar-refractivity contribution in [3.63, 3.8) is 0 Å². The van der Waals surface area contributed by atoms with Crippen LogP contribution in [0.1, 0.15) is 29.8 Å². The van der Waals surface area contributed by atoms with E-state index >= 15 is 0 Å². The van der Waals surface area contributed by atoms with Crippen LogP contribution in [0.15, 0.2) is 71.7 Å². The molecule has 0 aliphatic carbocycles. The van der Waals surface area contributed by atoms with E-state index < -0.39 is 0 Å². The molecule has 1 amide bonds. The lowest BCUT2D eigenvalue weighted by atomic mass is 10.0. The maximum Gasteiger partial charge on any atom is 0.410 e. The Morgan fingerprint density at radius 3 is 2.78 bits per heavy atom. The van der Waals surface area contributed by atoms with Crippen LogP contribution in [-0.2, 0) is 11.3 Å². The number of benzene rings is 2. The van der Waals surface area contributed by atoms with Gasteiger partial charge in [0.25, 0.3) is 5.56 Å². The molecular formula is C31H26N6O4. The smallest absolute Gasteiger partial charge is 0.410 e. The number of ether oxygens (including phenoxy) is 2. The molecule has 0 saturated carbocycles. The van der Waals surface area contributed by atoms with Crippen molar-refractivity contribution in [1.82, 2.24) is 24.1 Å². The normalized spacial score (nSPS) is 18.3. The molecule has 2 saturated heterocycles. The zero-order valence-corrected chi connectivity index (χ0v) is 22.4. The third kappa shape index (κ3) is 4.45. The Labute approximate surface area is 235 Å². The van der Waals surface area contributed by atoms with Gasteiger partial charge in [-0.25, -0.2) is 14.3 Å². The molecular weight excluding hydrogens is 520 g/mol. The second kappa shape index (κ2) is 9.78. The van der Waals surface area contributed by atoms with Gasteiger partial charge in [-0.2, -0.15) is 10.4 Å². The molecule has 5 heterocycles. The summed E-state index contributed by atoms with van der Waals surface area (Å²) in [5, 5.41) is 14.3. The minimum absolute atomic E-state index is 0.0192. The van der Waals surface area contributed by atoms with Crippen molar-refractivity contribution in [3.8, 4) is 23.1 Å². The van der Waals surface area contributed by atoms with Crippen molar-refractivity contribution in [2.75, 3.05) is 13.2 Å². The lowest BCUT2D eigenvalue weighted by Gasteiger charge is -2.33. The summed E-state index contributed by atoms with van der Waals surface area (Å²) in [5.74, 6) is 1.14. The van der Waals surface area contributed by atoms with Crippen LogP contribution < -0.4 is 10.3 Å². The van der Waals surface area contributed by atoms with E-state index in [-0.39, 0.29) is 23.8 Å². The van der Waals surface area contributed by atoms with Crippen LogP contribution in [0, 0.1) is 18.3 Å². The van der Waals surface area contributed by atoms with Crippen molar-refractivity contribution in [2.24, 2.45) is 0 Å². The number of aromatic nitrogens is 4. The van der Waals surface area contributed by atoms with Gasteiger partial charge in [-0.05, 0) is 55.0 Å². The third-order valence-corrected chi connectivity index (χ3v) is 7.91. The highest BCUT2D eigenvalue weighted by Crippen LogP contribution is 2.36. The molecule has 7 rings (SSSR count). The topological polar surface area (TPSA) is 115 Å². The number of hydrogen-bond acceptors (Lipinski definition) is 7. The number of nitrogens with zero attached hydrogens (tertiary/aromatic N) is 6. The minimum atomic E-state index is -0.270. The molecule has 204 valence electrons. The quantitative estimate of drug-likeness (QED) is 0.323. The number of hydrogen-bond donors (Lipinski definition) is 0. The van der Waals surface area contributed by atoms with Gasteiger partial charge in [0.1, 0.15) is 24.3 Å². The third-order valence-electron chi connectivity index (χ3n) is 7.91. The fraction of sp³-hybridized carbons (Fsp3) is 0.258. The van der Waals surface area contributed by atoms with Gasteiger partial charge in [-0.15, -0.1) is 0 Å². The number of pyridine rings is 1. The lowest BCUT2D eigenvalue weighted by molar-refractivity contribution is 0.0941. The van der Waals surface area contributed by atoms with Crippen LogP contribution in [0.4, 0.5) is 4.79 Å². The second-order valence-electron chi connectivity index (χ2n) is 10.5. The van der Waals surface area contributed by atoms with Crippen LogP contribution in [-0.4, -0.2) is 55.5 Å². The molecule has 0 spiro atoms. The second-order valence-corrected chi connectivity index (χ2v) is 10.5. The molecule has 0 radical (unpaired) electrons. The molecule has 10 heteroatoms. The van der Waals surface area contributed by atoms with E-state index in [1.54, 1.807) is 32.2 Å². The number of fused-ring (bicyclic) bond motifs is 3. The monoisotopic (exact) mass is 546 g/mol. The summed E-state index contributed by atoms with van der Waals surface area (Å²) < 4.78 is 15.3. The van der Waals surface area contributed by atoms with Crippen molar-refractivity contribution in [2.45, 2.75) is 38.5 Å². The summed E-state index contributed by atoms with van der Waals surface area (Å²) in [6.07, 6.45) is 2.76. The standard InChI is InChI=1S/C31H26N6O4/c1-19-33-27-14-25(28-13-22-4-2-3-10-37(22)34-28)29(41-24-9-11-35-23(12-24)18-40-31(35)39)15-26(27)30(38)36(19)17-21-7-5-20(16-32)6-8-21/h2-8,10,13-15,23-24H,9,11-12,17-18H2,1H3/t23-,24-/m0/s1. The molecule has 3 aromatic heterocycles. The number of carbonyl (C=O) groups excluding carboxylic acids is 1. The fourth-order valence-corrected chi connectivity index (χ4v) is 5.73. The summed E-state index contributed by atoms with van der Waals surface area (Å²) in [5.41, 5.74) is 4.25. The van der Waals surface area contributed by atoms with Gasteiger partial charge in [-0.3, -0.25) is 9.36 Å². The lowest BCUT2D eigenvalue weighted by Crippen LogP contribution is -2.44. The van der Waals surface area contributed by atoms with Gasteiger partial charge < -0.3 is 14.4 Å². The van der Waals surface area contributed by atoms with Crippen molar-refractivity contribution < 1.29 is 14.3 Å². The molecule has 0 unspecified atom stereocenters. The molecule has 5 aromatic rings. The molecule has 0 N–H and O–H groups in total. The average molecular weight is 547 g/mol. The number of aryl methyl sites for hydroxylation is 1. The van der Waals surface area contributed by atoms with Crippen LogP contribution in [0.2, 0.25) is 0 Å². The van der Waals surface area contributed by atoms with Crippen LogP contribution in [0.25, 0.3) is 27.7 Å². The van der Waals surface area contributed by atoms with Crippen LogP contribution in [0.3, 0.4) is 0 Å². The van der Waals surface area contributed by atoms with Crippen molar-refractivity contribution >= 4 is 22.5 Å². The van der Waals surface area contributed by atoms with E-state index in [1.807, 2.05) is 55.6 Å². The molecule has 2 atom stereocenters. The summed E-state index contributed by atoms with van der Waals surface area (Å²) in [7, 11) is 0. The molecule has 2 aliphatic heterocycles. The fourth-order valence-electron chi connectivity index (χ4n) is 5.73. The van der Waals surface area contributed by atoms with E-state index in [1.165, 1.54) is 0 Å². The first-order valence-electron chi connectivity index (χ1n) is 13.6. The number of carbonyl (C=O) groups is 1. The number of amides is 1. The number of piperidine rings is 1. The van der Waals surface area contributed by atoms with E-state index in [4.69, 9.17) is 24.8 Å². The van der Waals surface area contributed by atoms with Crippen molar-refractivity contribution in [3.05, 3.63) is 94.2 Å². The Hall–Kier alpha value is -5.17. The number of nitriles is 1. The Kier molecular flexibility index (Phi) is 5.93. The molecule has 10 nitrogen and oxygen atoms in total. The van der Waals surface area contributed by atoms with Crippen LogP contribution >= 0.6 is 0 Å². The Bertz CT molecular complexity index is 1890. The first-order chi connectivity index (χ1) is 20.0. The summed E-state index contributed by atoms with van der Waals surface area (Å²) in [4.78, 5) is 32.4. The minimum Gasteiger partial charge on any atom is -0.490 e. The zero-order chi connectivity index (χ0) is 28.1. The highest BCUT2D eigenvalue weighted by atomic mass is 16.6. The SMILES string of the molecule is Cc1nc2cc(-c3cc4ccccn4n3)c(O[C@H]3CCN4C(=O)OC[C@@H]4C3)cc2c(=O)n1Cc1ccc(C#N)cc1. The van der Waals surface area contributed by atoms with Crippen molar-refractivity contribution in [1.29, 1.82) is 5.26 Å².